The van der Waals surface area contributed by atoms with Crippen LogP contribution in [0.2, 0.25) is 0 Å². The molecule has 0 atom stereocenters. The van der Waals surface area contributed by atoms with Crippen LogP contribution in [0.25, 0.3) is 0 Å². The Morgan fingerprint density at radius 2 is 2.45 bits per heavy atom. The Bertz CT molecular complexity index is 227. The van der Waals surface area contributed by atoms with E-state index >= 15 is 0 Å². The van der Waals surface area contributed by atoms with Gasteiger partial charge in [-0.2, -0.15) is 0 Å². The van der Waals surface area contributed by atoms with Crippen molar-refractivity contribution in [3.8, 4) is 0 Å². The van der Waals surface area contributed by atoms with Crippen LogP contribution in [-0.4, -0.2) is 22.5 Å². The Kier molecular flexibility index (Phi) is 3.39. The summed E-state index contributed by atoms with van der Waals surface area (Å²) in [7, 11) is 0. The van der Waals surface area contributed by atoms with Crippen molar-refractivity contribution in [2.24, 2.45) is 0 Å². The fourth-order valence-corrected chi connectivity index (χ4v) is 1.51. The van der Waals surface area contributed by atoms with Crippen molar-refractivity contribution in [3.63, 3.8) is 0 Å². The first kappa shape index (κ1) is 8.56. The van der Waals surface area contributed by atoms with Crippen LogP contribution < -0.4 is 0 Å². The van der Waals surface area contributed by atoms with E-state index in [1.807, 2.05) is 19.1 Å². The Labute approximate surface area is 70.7 Å². The van der Waals surface area contributed by atoms with Gasteiger partial charge in [-0.1, -0.05) is 0 Å². The van der Waals surface area contributed by atoms with Crippen LogP contribution in [0.5, 0.6) is 0 Å². The predicted molar refractivity (Wildman–Crippen MR) is 46.8 cm³/mol. The third-order valence-electron chi connectivity index (χ3n) is 1.23. The summed E-state index contributed by atoms with van der Waals surface area (Å²) in [4.78, 5) is 5.24. The molecule has 1 N–H and O–H groups in total. The number of hydrogen-bond donors (Lipinski definition) is 1. The maximum absolute atomic E-state index is 8.56. The first-order chi connectivity index (χ1) is 5.33. The molecule has 0 aliphatic rings. The number of aliphatic hydroxyl groups is 1. The Balaban J connectivity index is 2.56. The van der Waals surface area contributed by atoms with Gasteiger partial charge in [0.25, 0.3) is 0 Å². The molecule has 0 radical (unpaired) electrons. The molecule has 0 spiro atoms. The van der Waals surface area contributed by atoms with Gasteiger partial charge in [0.15, 0.2) is 0 Å². The SMILES string of the molecule is Cc1cc(SCCO)ccn1. The van der Waals surface area contributed by atoms with Gasteiger partial charge in [0, 0.05) is 22.5 Å². The highest BCUT2D eigenvalue weighted by molar-refractivity contribution is 7.99. The van der Waals surface area contributed by atoms with E-state index in [1.165, 1.54) is 4.90 Å². The van der Waals surface area contributed by atoms with E-state index in [0.29, 0.717) is 0 Å². The number of aliphatic hydroxyl groups excluding tert-OH is 1. The molecular formula is C8H11NOS. The van der Waals surface area contributed by atoms with Gasteiger partial charge in [-0.05, 0) is 19.1 Å². The Morgan fingerprint density at radius 3 is 3.09 bits per heavy atom. The highest BCUT2D eigenvalue weighted by atomic mass is 32.2. The second-order valence-electron chi connectivity index (χ2n) is 2.20. The van der Waals surface area contributed by atoms with Gasteiger partial charge >= 0.3 is 0 Å². The summed E-state index contributed by atoms with van der Waals surface area (Å²) in [5.74, 6) is 0.753. The average Bonchev–Trinajstić information content (AvgIpc) is 2.01. The first-order valence-corrected chi connectivity index (χ1v) is 4.48. The fraction of sp³-hybridized carbons (Fsp3) is 0.375. The van der Waals surface area contributed by atoms with Gasteiger partial charge in [-0.25, -0.2) is 0 Å². The molecule has 0 amide bonds. The number of nitrogens with zero attached hydrogens (tertiary/aromatic N) is 1. The summed E-state index contributed by atoms with van der Waals surface area (Å²) in [5.41, 5.74) is 1.02. The molecule has 0 aliphatic carbocycles. The van der Waals surface area contributed by atoms with Crippen LogP contribution in [0.3, 0.4) is 0 Å². The molecule has 1 rings (SSSR count). The summed E-state index contributed by atoms with van der Waals surface area (Å²) in [6.45, 7) is 2.19. The lowest BCUT2D eigenvalue weighted by Crippen LogP contribution is -1.86. The van der Waals surface area contributed by atoms with Gasteiger partial charge in [0.2, 0.25) is 0 Å². The van der Waals surface area contributed by atoms with E-state index in [4.69, 9.17) is 5.11 Å². The molecule has 1 heterocycles. The van der Waals surface area contributed by atoms with Crippen LogP contribution in [0, 0.1) is 6.92 Å². The normalized spacial score (nSPS) is 10.0. The van der Waals surface area contributed by atoms with E-state index in [1.54, 1.807) is 18.0 Å². The van der Waals surface area contributed by atoms with Crippen LogP contribution in [0.1, 0.15) is 5.69 Å². The van der Waals surface area contributed by atoms with Gasteiger partial charge in [0.1, 0.15) is 0 Å². The van der Waals surface area contributed by atoms with Crippen LogP contribution in [-0.2, 0) is 0 Å². The largest absolute Gasteiger partial charge is 0.396 e. The van der Waals surface area contributed by atoms with Crippen molar-refractivity contribution in [1.29, 1.82) is 0 Å². The number of aryl methyl sites for hydroxylation is 1. The third-order valence-corrected chi connectivity index (χ3v) is 2.20. The summed E-state index contributed by atoms with van der Waals surface area (Å²) in [5, 5.41) is 8.56. The fourth-order valence-electron chi connectivity index (χ4n) is 0.773. The second kappa shape index (κ2) is 4.36. The molecule has 0 bridgehead atoms. The maximum atomic E-state index is 8.56. The first-order valence-electron chi connectivity index (χ1n) is 3.49. The highest BCUT2D eigenvalue weighted by Gasteiger charge is 1.92. The molecule has 1 aromatic rings. The van der Waals surface area contributed by atoms with E-state index in [-0.39, 0.29) is 6.61 Å². The van der Waals surface area contributed by atoms with Crippen LogP contribution in [0.4, 0.5) is 0 Å². The predicted octanol–water partition coefficient (Wildman–Crippen LogP) is 1.47. The zero-order chi connectivity index (χ0) is 8.10. The highest BCUT2D eigenvalue weighted by Crippen LogP contribution is 2.16. The third kappa shape index (κ3) is 2.91. The van der Waals surface area contributed by atoms with Crippen molar-refractivity contribution in [2.45, 2.75) is 11.8 Å². The van der Waals surface area contributed by atoms with E-state index in [9.17, 15) is 0 Å². The number of rotatable bonds is 3. The maximum Gasteiger partial charge on any atom is 0.0525 e. The molecule has 0 aliphatic heterocycles. The number of hydrogen-bond acceptors (Lipinski definition) is 3. The lowest BCUT2D eigenvalue weighted by Gasteiger charge is -1.98. The summed E-state index contributed by atoms with van der Waals surface area (Å²) < 4.78 is 0. The minimum Gasteiger partial charge on any atom is -0.396 e. The van der Waals surface area contributed by atoms with Crippen LogP contribution in [0.15, 0.2) is 23.2 Å². The minimum atomic E-state index is 0.228. The van der Waals surface area contributed by atoms with E-state index < -0.39 is 0 Å². The molecule has 0 fully saturated rings. The van der Waals surface area contributed by atoms with Gasteiger partial charge in [-0.15, -0.1) is 11.8 Å². The van der Waals surface area contributed by atoms with Crippen molar-refractivity contribution in [1.82, 2.24) is 4.98 Å². The van der Waals surface area contributed by atoms with E-state index in [2.05, 4.69) is 4.98 Å². The summed E-state index contributed by atoms with van der Waals surface area (Å²) in [6.07, 6.45) is 1.79. The number of thioether (sulfide) groups is 1. The molecule has 0 aromatic carbocycles. The monoisotopic (exact) mass is 169 g/mol. The summed E-state index contributed by atoms with van der Waals surface area (Å²) in [6, 6.07) is 3.97. The molecule has 11 heavy (non-hydrogen) atoms. The topological polar surface area (TPSA) is 33.1 Å². The van der Waals surface area contributed by atoms with Crippen molar-refractivity contribution < 1.29 is 5.11 Å². The zero-order valence-electron chi connectivity index (χ0n) is 6.45. The molecule has 2 nitrogen and oxygen atoms in total. The quantitative estimate of drug-likeness (QED) is 0.696. The Hall–Kier alpha value is -0.540. The molecule has 0 saturated carbocycles. The lowest BCUT2D eigenvalue weighted by molar-refractivity contribution is 0.322. The van der Waals surface area contributed by atoms with Crippen LogP contribution >= 0.6 is 11.8 Å². The van der Waals surface area contributed by atoms with Crippen molar-refractivity contribution in [3.05, 3.63) is 24.0 Å². The van der Waals surface area contributed by atoms with Gasteiger partial charge in [-0.3, -0.25) is 4.98 Å². The molecular weight excluding hydrogens is 158 g/mol. The smallest absolute Gasteiger partial charge is 0.0525 e. The molecule has 60 valence electrons. The standard InChI is InChI=1S/C8H11NOS/c1-7-6-8(2-3-9-7)11-5-4-10/h2-3,6,10H,4-5H2,1H3. The number of aromatic nitrogens is 1. The molecule has 1 aromatic heterocycles. The zero-order valence-corrected chi connectivity index (χ0v) is 7.27. The molecule has 0 unspecified atom stereocenters. The lowest BCUT2D eigenvalue weighted by atomic mass is 10.4. The molecule has 0 saturated heterocycles. The minimum absolute atomic E-state index is 0.228. The second-order valence-corrected chi connectivity index (χ2v) is 3.37. The van der Waals surface area contributed by atoms with E-state index in [0.717, 1.165) is 11.4 Å². The number of pyridine rings is 1. The summed E-state index contributed by atoms with van der Waals surface area (Å²) >= 11 is 1.64. The molecule has 3 heteroatoms. The Morgan fingerprint density at radius 1 is 1.64 bits per heavy atom. The van der Waals surface area contributed by atoms with Crippen molar-refractivity contribution in [2.75, 3.05) is 12.4 Å². The van der Waals surface area contributed by atoms with Gasteiger partial charge < -0.3 is 5.11 Å². The average molecular weight is 169 g/mol. The van der Waals surface area contributed by atoms with Gasteiger partial charge in [0.05, 0.1) is 6.61 Å². The van der Waals surface area contributed by atoms with Crippen molar-refractivity contribution >= 4 is 11.8 Å².